The zero-order valence-corrected chi connectivity index (χ0v) is 18.0. The minimum absolute atomic E-state index is 0.0237. The lowest BCUT2D eigenvalue weighted by Crippen LogP contribution is -2.48. The Morgan fingerprint density at radius 3 is 2.61 bits per heavy atom. The molecule has 1 N–H and O–H groups in total. The number of tetrazole rings is 1. The highest BCUT2D eigenvalue weighted by molar-refractivity contribution is 6.14. The number of carbonyl (C=O) groups excluding carboxylic acids is 3. The number of amides is 1. The topological polar surface area (TPSA) is 144 Å². The van der Waals surface area contributed by atoms with E-state index in [4.69, 9.17) is 4.74 Å². The number of Topliss-reactive ketones (excluding diaryl/α,β-unsaturated/α-hetero) is 1. The van der Waals surface area contributed by atoms with Gasteiger partial charge in [0.25, 0.3) is 0 Å². The van der Waals surface area contributed by atoms with Crippen molar-refractivity contribution in [3.8, 4) is 5.82 Å². The average molecular weight is 453 g/mol. The third-order valence-corrected chi connectivity index (χ3v) is 6.77. The number of likely N-dealkylation sites (tertiary alicyclic amines) is 2. The van der Waals surface area contributed by atoms with Gasteiger partial charge in [-0.25, -0.2) is 9.78 Å². The Morgan fingerprint density at radius 1 is 1.21 bits per heavy atom. The number of aliphatic hydroxyl groups excluding tert-OH is 1. The Hall–Kier alpha value is -3.51. The molecular weight excluding hydrogens is 430 g/mol. The quantitative estimate of drug-likeness (QED) is 0.461. The molecule has 0 saturated carbocycles. The number of rotatable bonds is 5. The summed E-state index contributed by atoms with van der Waals surface area (Å²) in [7, 11) is 0. The molecule has 172 valence electrons. The van der Waals surface area contributed by atoms with Crippen molar-refractivity contribution in [1.29, 1.82) is 0 Å². The molecule has 0 radical (unpaired) electrons. The van der Waals surface area contributed by atoms with Crippen LogP contribution in [-0.2, 0) is 19.1 Å². The minimum Gasteiger partial charge on any atom is -0.456 e. The number of pyridine rings is 1. The number of carbonyl (C=O) groups is 3. The van der Waals surface area contributed by atoms with Gasteiger partial charge in [0, 0.05) is 18.3 Å². The van der Waals surface area contributed by atoms with Crippen LogP contribution in [0.2, 0.25) is 0 Å². The predicted molar refractivity (Wildman–Crippen MR) is 110 cm³/mol. The number of aliphatic hydroxyl groups is 1. The zero-order valence-electron chi connectivity index (χ0n) is 18.0. The van der Waals surface area contributed by atoms with E-state index in [1.54, 1.807) is 25.3 Å². The Balaban J connectivity index is 1.21. The SMILES string of the molecule is CC1=C(N2CC(=O)C3(CCN(CC(O)c4ccc(-n5cnnn5)nc4)CC3)C2=O)COC1=O. The lowest BCUT2D eigenvalue weighted by atomic mass is 9.76. The zero-order chi connectivity index (χ0) is 23.2. The minimum atomic E-state index is -1.06. The van der Waals surface area contributed by atoms with Gasteiger partial charge in [0.1, 0.15) is 18.3 Å². The first-order valence-corrected chi connectivity index (χ1v) is 10.7. The number of cyclic esters (lactones) is 1. The van der Waals surface area contributed by atoms with Crippen LogP contribution < -0.4 is 0 Å². The summed E-state index contributed by atoms with van der Waals surface area (Å²) in [6.07, 6.45) is 3.01. The Kier molecular flexibility index (Phi) is 5.25. The van der Waals surface area contributed by atoms with E-state index in [1.165, 1.54) is 15.9 Å². The van der Waals surface area contributed by atoms with Crippen LogP contribution in [-0.4, -0.2) is 90.5 Å². The molecule has 12 heteroatoms. The molecule has 2 aromatic heterocycles. The highest BCUT2D eigenvalue weighted by atomic mass is 16.5. The van der Waals surface area contributed by atoms with E-state index >= 15 is 0 Å². The highest BCUT2D eigenvalue weighted by Crippen LogP contribution is 2.41. The van der Waals surface area contributed by atoms with Gasteiger partial charge in [0.2, 0.25) is 5.91 Å². The largest absolute Gasteiger partial charge is 0.456 e. The van der Waals surface area contributed by atoms with Crippen molar-refractivity contribution < 1.29 is 24.2 Å². The van der Waals surface area contributed by atoms with Gasteiger partial charge in [-0.2, -0.15) is 4.68 Å². The summed E-state index contributed by atoms with van der Waals surface area (Å²) in [6, 6.07) is 3.49. The highest BCUT2D eigenvalue weighted by Gasteiger charge is 2.56. The fourth-order valence-corrected chi connectivity index (χ4v) is 4.67. The van der Waals surface area contributed by atoms with Gasteiger partial charge < -0.3 is 19.6 Å². The first-order valence-electron chi connectivity index (χ1n) is 10.7. The summed E-state index contributed by atoms with van der Waals surface area (Å²) in [6.45, 7) is 2.99. The molecule has 1 spiro atoms. The van der Waals surface area contributed by atoms with Gasteiger partial charge in [-0.05, 0) is 49.3 Å². The monoisotopic (exact) mass is 453 g/mol. The Bertz CT molecular complexity index is 1120. The van der Waals surface area contributed by atoms with Crippen molar-refractivity contribution in [1.82, 2.24) is 35.0 Å². The van der Waals surface area contributed by atoms with Gasteiger partial charge in [-0.15, -0.1) is 5.10 Å². The van der Waals surface area contributed by atoms with Crippen molar-refractivity contribution in [2.75, 3.05) is 32.8 Å². The number of ketones is 1. The first kappa shape index (κ1) is 21.3. The van der Waals surface area contributed by atoms with Gasteiger partial charge in [0.15, 0.2) is 11.6 Å². The van der Waals surface area contributed by atoms with E-state index in [-0.39, 0.29) is 24.8 Å². The number of nitrogens with zero attached hydrogens (tertiary/aromatic N) is 7. The molecule has 5 heterocycles. The molecule has 12 nitrogen and oxygen atoms in total. The second-order valence-electron chi connectivity index (χ2n) is 8.56. The number of β-amino-alcohol motifs (C(OH)–C–C–N with tert-alkyl or cyclic N) is 1. The molecule has 3 aliphatic rings. The van der Waals surface area contributed by atoms with Gasteiger partial charge in [-0.3, -0.25) is 9.59 Å². The molecular formula is C21H23N7O5. The molecule has 5 rings (SSSR count). The number of ether oxygens (including phenoxy) is 1. The molecule has 2 aromatic rings. The molecule has 3 aliphatic heterocycles. The van der Waals surface area contributed by atoms with Crippen LogP contribution in [0.3, 0.4) is 0 Å². The normalized spacial score (nSPS) is 21.9. The summed E-state index contributed by atoms with van der Waals surface area (Å²) >= 11 is 0. The van der Waals surface area contributed by atoms with Crippen molar-refractivity contribution in [3.63, 3.8) is 0 Å². The fourth-order valence-electron chi connectivity index (χ4n) is 4.67. The van der Waals surface area contributed by atoms with Gasteiger partial charge >= 0.3 is 5.97 Å². The van der Waals surface area contributed by atoms with Crippen molar-refractivity contribution >= 4 is 17.7 Å². The van der Waals surface area contributed by atoms with E-state index < -0.39 is 17.5 Å². The van der Waals surface area contributed by atoms with Crippen molar-refractivity contribution in [2.45, 2.75) is 25.9 Å². The standard InChI is InChI=1S/C21H23N7O5/c1-13-15(11-33-19(13)31)27-10-17(30)21(20(27)32)4-6-26(7-5-21)9-16(29)14-2-3-18(22-8-14)28-12-23-24-25-28/h2-3,8,12,16,29H,4-7,9-11H2,1H3. The number of aromatic nitrogens is 5. The van der Waals surface area contributed by atoms with Crippen LogP contribution in [0, 0.1) is 5.41 Å². The maximum Gasteiger partial charge on any atom is 0.336 e. The maximum atomic E-state index is 13.2. The second-order valence-corrected chi connectivity index (χ2v) is 8.56. The summed E-state index contributed by atoms with van der Waals surface area (Å²) in [5.41, 5.74) is 0.467. The summed E-state index contributed by atoms with van der Waals surface area (Å²) in [4.78, 5) is 45.6. The number of esters is 1. The van der Waals surface area contributed by atoms with E-state index in [0.29, 0.717) is 55.1 Å². The number of hydrogen-bond donors (Lipinski definition) is 1. The van der Waals surface area contributed by atoms with Crippen LogP contribution in [0.25, 0.3) is 5.82 Å². The molecule has 2 fully saturated rings. The molecule has 2 saturated heterocycles. The van der Waals surface area contributed by atoms with Crippen LogP contribution in [0.1, 0.15) is 31.4 Å². The molecule has 0 bridgehead atoms. The first-order chi connectivity index (χ1) is 15.9. The summed E-state index contributed by atoms with van der Waals surface area (Å²) < 4.78 is 6.43. The van der Waals surface area contributed by atoms with Crippen LogP contribution in [0.4, 0.5) is 0 Å². The molecule has 1 atom stereocenters. The smallest absolute Gasteiger partial charge is 0.336 e. The van der Waals surface area contributed by atoms with Crippen LogP contribution in [0.15, 0.2) is 35.9 Å². The van der Waals surface area contributed by atoms with Crippen molar-refractivity contribution in [2.24, 2.45) is 5.41 Å². The van der Waals surface area contributed by atoms with Gasteiger partial charge in [-0.1, -0.05) is 6.07 Å². The molecule has 1 amide bonds. The Morgan fingerprint density at radius 2 is 2.00 bits per heavy atom. The van der Waals surface area contributed by atoms with Crippen LogP contribution >= 0.6 is 0 Å². The molecule has 0 aliphatic carbocycles. The summed E-state index contributed by atoms with van der Waals surface area (Å²) in [5, 5.41) is 21.6. The average Bonchev–Trinajstić information content (AvgIpc) is 3.53. The lowest BCUT2D eigenvalue weighted by Gasteiger charge is -2.37. The number of hydrogen-bond acceptors (Lipinski definition) is 10. The maximum absolute atomic E-state index is 13.2. The van der Waals surface area contributed by atoms with E-state index in [0.717, 1.165) is 0 Å². The molecule has 0 aromatic carbocycles. The third kappa shape index (κ3) is 3.60. The van der Waals surface area contributed by atoms with Crippen LogP contribution in [0.5, 0.6) is 0 Å². The third-order valence-electron chi connectivity index (χ3n) is 6.77. The van der Waals surface area contributed by atoms with E-state index in [9.17, 15) is 19.5 Å². The fraction of sp³-hybridized carbons (Fsp3) is 0.476. The predicted octanol–water partition coefficient (Wildman–Crippen LogP) is -0.585. The van der Waals surface area contributed by atoms with E-state index in [2.05, 4.69) is 20.5 Å². The lowest BCUT2D eigenvalue weighted by molar-refractivity contribution is -0.142. The Labute approximate surface area is 188 Å². The van der Waals surface area contributed by atoms with Gasteiger partial charge in [0.05, 0.1) is 23.9 Å². The second kappa shape index (κ2) is 8.12. The van der Waals surface area contributed by atoms with E-state index in [1.807, 2.05) is 4.90 Å². The number of piperidine rings is 1. The summed E-state index contributed by atoms with van der Waals surface area (Å²) in [5.74, 6) is -0.272. The van der Waals surface area contributed by atoms with Crippen molar-refractivity contribution in [3.05, 3.63) is 41.5 Å². The molecule has 1 unspecified atom stereocenters. The molecule has 33 heavy (non-hydrogen) atoms.